The minimum Gasteiger partial charge on any atom is -0.314 e. The van der Waals surface area contributed by atoms with Gasteiger partial charge in [0.05, 0.1) is 5.69 Å². The average Bonchev–Trinajstić information content (AvgIpc) is 2.86. The number of benzene rings is 1. The minimum atomic E-state index is 0.0260. The SMILES string of the molecule is O=C(c1cccc(Br)c1)c1cccc2cccn12. The van der Waals surface area contributed by atoms with E-state index in [0.29, 0.717) is 11.3 Å². The van der Waals surface area contributed by atoms with Gasteiger partial charge in [-0.05, 0) is 36.4 Å². The molecule has 0 saturated carbocycles. The van der Waals surface area contributed by atoms with E-state index >= 15 is 0 Å². The molecule has 0 aliphatic heterocycles. The monoisotopic (exact) mass is 299 g/mol. The summed E-state index contributed by atoms with van der Waals surface area (Å²) in [5, 5.41) is 0. The number of halogens is 1. The van der Waals surface area contributed by atoms with E-state index in [1.807, 2.05) is 65.2 Å². The topological polar surface area (TPSA) is 21.5 Å². The lowest BCUT2D eigenvalue weighted by Crippen LogP contribution is -2.06. The molecule has 0 N–H and O–H groups in total. The number of hydrogen-bond donors (Lipinski definition) is 0. The van der Waals surface area contributed by atoms with Gasteiger partial charge in [-0.2, -0.15) is 0 Å². The second-order valence-corrected chi connectivity index (χ2v) is 4.97. The van der Waals surface area contributed by atoms with Gasteiger partial charge in [-0.3, -0.25) is 4.79 Å². The van der Waals surface area contributed by atoms with Crippen LogP contribution in [0.1, 0.15) is 16.1 Å². The maximum atomic E-state index is 12.5. The van der Waals surface area contributed by atoms with Gasteiger partial charge in [-0.25, -0.2) is 0 Å². The highest BCUT2D eigenvalue weighted by atomic mass is 79.9. The highest BCUT2D eigenvalue weighted by Crippen LogP contribution is 2.17. The van der Waals surface area contributed by atoms with Crippen LogP contribution in [0.15, 0.2) is 65.3 Å². The Kier molecular flexibility index (Phi) is 2.76. The molecule has 0 bridgehead atoms. The number of ketones is 1. The van der Waals surface area contributed by atoms with Crippen molar-refractivity contribution < 1.29 is 4.79 Å². The maximum absolute atomic E-state index is 12.5. The van der Waals surface area contributed by atoms with Crippen LogP contribution in [0.25, 0.3) is 5.52 Å². The Morgan fingerprint density at radius 1 is 1.00 bits per heavy atom. The third-order valence-corrected chi connectivity index (χ3v) is 3.37. The van der Waals surface area contributed by atoms with Crippen molar-refractivity contribution in [1.82, 2.24) is 4.40 Å². The molecule has 1 aromatic carbocycles. The molecule has 18 heavy (non-hydrogen) atoms. The van der Waals surface area contributed by atoms with Crippen molar-refractivity contribution in [2.24, 2.45) is 0 Å². The van der Waals surface area contributed by atoms with Crippen LogP contribution in [0.3, 0.4) is 0 Å². The number of fused-ring (bicyclic) bond motifs is 1. The molecule has 3 aromatic rings. The van der Waals surface area contributed by atoms with Crippen molar-refractivity contribution in [1.29, 1.82) is 0 Å². The lowest BCUT2D eigenvalue weighted by Gasteiger charge is -2.05. The Bertz CT molecular complexity index is 730. The number of carbonyl (C=O) groups is 1. The molecule has 0 fully saturated rings. The van der Waals surface area contributed by atoms with E-state index in [4.69, 9.17) is 0 Å². The van der Waals surface area contributed by atoms with Crippen LogP contribution in [-0.2, 0) is 0 Å². The minimum absolute atomic E-state index is 0.0260. The Morgan fingerprint density at radius 2 is 1.78 bits per heavy atom. The lowest BCUT2D eigenvalue weighted by molar-refractivity contribution is 0.103. The smallest absolute Gasteiger partial charge is 0.209 e. The number of aromatic nitrogens is 1. The average molecular weight is 300 g/mol. The Labute approximate surface area is 113 Å². The molecule has 0 aliphatic rings. The summed E-state index contributed by atoms with van der Waals surface area (Å²) in [6.07, 6.45) is 1.90. The number of hydrogen-bond acceptors (Lipinski definition) is 1. The number of carbonyl (C=O) groups excluding carboxylic acids is 1. The fraction of sp³-hybridized carbons (Fsp3) is 0. The fourth-order valence-electron chi connectivity index (χ4n) is 2.03. The summed E-state index contributed by atoms with van der Waals surface area (Å²) < 4.78 is 2.82. The Hall–Kier alpha value is -1.87. The molecular formula is C15H10BrNO. The van der Waals surface area contributed by atoms with Crippen molar-refractivity contribution in [3.8, 4) is 0 Å². The van der Waals surface area contributed by atoms with Crippen LogP contribution in [0.4, 0.5) is 0 Å². The summed E-state index contributed by atoms with van der Waals surface area (Å²) in [5.41, 5.74) is 2.39. The van der Waals surface area contributed by atoms with E-state index in [-0.39, 0.29) is 5.78 Å². The summed E-state index contributed by atoms with van der Waals surface area (Å²) in [5.74, 6) is 0.0260. The quantitative estimate of drug-likeness (QED) is 0.657. The second-order valence-electron chi connectivity index (χ2n) is 4.05. The van der Waals surface area contributed by atoms with Gasteiger partial charge in [0.1, 0.15) is 0 Å². The predicted octanol–water partition coefficient (Wildman–Crippen LogP) is 3.93. The molecule has 0 atom stereocenters. The molecule has 2 aromatic heterocycles. The molecule has 88 valence electrons. The normalized spacial score (nSPS) is 10.7. The van der Waals surface area contributed by atoms with Gasteiger partial charge in [-0.15, -0.1) is 0 Å². The highest BCUT2D eigenvalue weighted by molar-refractivity contribution is 9.10. The van der Waals surface area contributed by atoms with Crippen molar-refractivity contribution in [3.63, 3.8) is 0 Å². The van der Waals surface area contributed by atoms with E-state index in [1.54, 1.807) is 0 Å². The van der Waals surface area contributed by atoms with Crippen LogP contribution >= 0.6 is 15.9 Å². The molecule has 0 radical (unpaired) electrons. The molecule has 3 heteroatoms. The number of nitrogens with zero attached hydrogens (tertiary/aromatic N) is 1. The fourth-order valence-corrected chi connectivity index (χ4v) is 2.43. The van der Waals surface area contributed by atoms with Crippen LogP contribution in [0.2, 0.25) is 0 Å². The van der Waals surface area contributed by atoms with Gasteiger partial charge < -0.3 is 4.40 Å². The van der Waals surface area contributed by atoms with Gasteiger partial charge in [0.25, 0.3) is 0 Å². The third kappa shape index (κ3) is 1.87. The van der Waals surface area contributed by atoms with Crippen LogP contribution in [0, 0.1) is 0 Å². The van der Waals surface area contributed by atoms with E-state index in [9.17, 15) is 4.79 Å². The second kappa shape index (κ2) is 4.42. The van der Waals surface area contributed by atoms with Gasteiger partial charge >= 0.3 is 0 Å². The largest absolute Gasteiger partial charge is 0.314 e. The molecule has 0 unspecified atom stereocenters. The summed E-state index contributed by atoms with van der Waals surface area (Å²) >= 11 is 3.39. The zero-order valence-electron chi connectivity index (χ0n) is 9.51. The van der Waals surface area contributed by atoms with Gasteiger partial charge in [0.15, 0.2) is 0 Å². The summed E-state index contributed by atoms with van der Waals surface area (Å²) in [4.78, 5) is 12.5. The predicted molar refractivity (Wildman–Crippen MR) is 75.0 cm³/mol. The van der Waals surface area contributed by atoms with Gasteiger partial charge in [0.2, 0.25) is 5.78 Å². The molecule has 0 amide bonds. The standard InChI is InChI=1S/C15H10BrNO/c16-12-5-1-4-11(10-12)15(18)14-8-2-6-13-7-3-9-17(13)14/h1-10H. The van der Waals surface area contributed by atoms with Crippen LogP contribution < -0.4 is 0 Å². The first-order valence-corrected chi connectivity index (χ1v) is 6.41. The molecule has 2 nitrogen and oxygen atoms in total. The van der Waals surface area contributed by atoms with Gasteiger partial charge in [0, 0.05) is 21.7 Å². The summed E-state index contributed by atoms with van der Waals surface area (Å²) in [7, 11) is 0. The van der Waals surface area contributed by atoms with E-state index in [2.05, 4.69) is 15.9 Å². The van der Waals surface area contributed by atoms with Gasteiger partial charge in [-0.1, -0.05) is 34.1 Å². The molecule has 2 heterocycles. The first kappa shape index (κ1) is 11.2. The highest BCUT2D eigenvalue weighted by Gasteiger charge is 2.12. The van der Waals surface area contributed by atoms with Crippen LogP contribution in [0.5, 0.6) is 0 Å². The molecule has 0 spiro atoms. The van der Waals surface area contributed by atoms with Crippen molar-refractivity contribution in [3.05, 3.63) is 76.5 Å². The molecule has 0 saturated heterocycles. The summed E-state index contributed by atoms with van der Waals surface area (Å²) in [6, 6.07) is 17.1. The Morgan fingerprint density at radius 3 is 2.61 bits per heavy atom. The van der Waals surface area contributed by atoms with E-state index in [0.717, 1.165) is 9.99 Å². The third-order valence-electron chi connectivity index (χ3n) is 2.88. The summed E-state index contributed by atoms with van der Waals surface area (Å²) in [6.45, 7) is 0. The zero-order chi connectivity index (χ0) is 12.5. The molecular weight excluding hydrogens is 290 g/mol. The first-order chi connectivity index (χ1) is 8.75. The van der Waals surface area contributed by atoms with E-state index < -0.39 is 0 Å². The van der Waals surface area contributed by atoms with E-state index in [1.165, 1.54) is 0 Å². The lowest BCUT2D eigenvalue weighted by atomic mass is 10.1. The zero-order valence-corrected chi connectivity index (χ0v) is 11.1. The molecule has 0 aliphatic carbocycles. The number of pyridine rings is 1. The maximum Gasteiger partial charge on any atom is 0.209 e. The molecule has 3 rings (SSSR count). The van der Waals surface area contributed by atoms with Crippen LogP contribution in [-0.4, -0.2) is 10.2 Å². The Balaban J connectivity index is 2.15. The van der Waals surface area contributed by atoms with Crippen molar-refractivity contribution in [2.75, 3.05) is 0 Å². The first-order valence-electron chi connectivity index (χ1n) is 5.62. The number of rotatable bonds is 2. The van der Waals surface area contributed by atoms with Crippen molar-refractivity contribution >= 4 is 27.2 Å². The van der Waals surface area contributed by atoms with Crippen molar-refractivity contribution in [2.45, 2.75) is 0 Å².